The minimum atomic E-state index is 0.355. The Kier molecular flexibility index (Phi) is 4.82. The van der Waals surface area contributed by atoms with Crippen LogP contribution < -0.4 is 14.8 Å². The normalized spacial score (nSPS) is 10.3. The first-order valence-corrected chi connectivity index (χ1v) is 7.66. The maximum Gasteiger partial charge on any atom is 0.163 e. The van der Waals surface area contributed by atoms with Gasteiger partial charge in [-0.15, -0.1) is 0 Å². The Labute approximate surface area is 145 Å². The molecule has 0 fully saturated rings. The molecule has 0 aliphatic carbocycles. The van der Waals surface area contributed by atoms with E-state index in [9.17, 15) is 0 Å². The van der Waals surface area contributed by atoms with Gasteiger partial charge in [-0.2, -0.15) is 0 Å². The Morgan fingerprint density at radius 1 is 0.917 bits per heavy atom. The van der Waals surface area contributed by atoms with Gasteiger partial charge in [-0.3, -0.25) is 0 Å². The first-order chi connectivity index (χ1) is 11.7. The topological polar surface area (TPSA) is 56.3 Å². The summed E-state index contributed by atoms with van der Waals surface area (Å²) in [5.74, 6) is 2.50. The van der Waals surface area contributed by atoms with Crippen molar-refractivity contribution in [2.75, 3.05) is 19.5 Å². The molecule has 6 heteroatoms. The van der Waals surface area contributed by atoms with Crippen molar-refractivity contribution in [3.8, 4) is 22.9 Å². The number of methoxy groups -OCH3 is 2. The zero-order valence-corrected chi connectivity index (χ0v) is 14.0. The Balaban J connectivity index is 1.98. The molecule has 0 saturated heterocycles. The largest absolute Gasteiger partial charge is 0.497 e. The molecule has 122 valence electrons. The number of benzene rings is 2. The van der Waals surface area contributed by atoms with E-state index in [1.165, 1.54) is 0 Å². The summed E-state index contributed by atoms with van der Waals surface area (Å²) in [6.45, 7) is 0. The van der Waals surface area contributed by atoms with Crippen LogP contribution in [0.4, 0.5) is 11.5 Å². The van der Waals surface area contributed by atoms with Crippen LogP contribution in [0.25, 0.3) is 11.4 Å². The van der Waals surface area contributed by atoms with Gasteiger partial charge in [0.15, 0.2) is 5.82 Å². The summed E-state index contributed by atoms with van der Waals surface area (Å²) in [6.07, 6.45) is 0. The van der Waals surface area contributed by atoms with E-state index in [1.54, 1.807) is 20.3 Å². The van der Waals surface area contributed by atoms with Crippen molar-refractivity contribution >= 4 is 23.1 Å². The van der Waals surface area contributed by atoms with Crippen LogP contribution in [-0.2, 0) is 0 Å². The van der Waals surface area contributed by atoms with Crippen molar-refractivity contribution in [1.82, 2.24) is 9.97 Å². The molecule has 0 bridgehead atoms. The van der Waals surface area contributed by atoms with Crippen molar-refractivity contribution in [3.05, 3.63) is 59.8 Å². The highest BCUT2D eigenvalue weighted by molar-refractivity contribution is 6.29. The van der Waals surface area contributed by atoms with Crippen LogP contribution in [0.5, 0.6) is 11.5 Å². The fraction of sp³-hybridized carbons (Fsp3) is 0.111. The molecule has 24 heavy (non-hydrogen) atoms. The highest BCUT2D eigenvalue weighted by atomic mass is 35.5. The molecular weight excluding hydrogens is 326 g/mol. The number of aromatic nitrogens is 2. The van der Waals surface area contributed by atoms with Crippen LogP contribution in [-0.4, -0.2) is 24.2 Å². The smallest absolute Gasteiger partial charge is 0.163 e. The van der Waals surface area contributed by atoms with Crippen molar-refractivity contribution in [1.29, 1.82) is 0 Å². The summed E-state index contributed by atoms with van der Waals surface area (Å²) < 4.78 is 10.6. The number of hydrogen-bond acceptors (Lipinski definition) is 5. The van der Waals surface area contributed by atoms with Crippen molar-refractivity contribution in [2.24, 2.45) is 0 Å². The van der Waals surface area contributed by atoms with Crippen molar-refractivity contribution in [2.45, 2.75) is 0 Å². The van der Waals surface area contributed by atoms with Crippen LogP contribution in [0, 0.1) is 0 Å². The van der Waals surface area contributed by atoms with E-state index < -0.39 is 0 Å². The molecule has 0 unspecified atom stereocenters. The van der Waals surface area contributed by atoms with Crippen LogP contribution >= 0.6 is 11.6 Å². The van der Waals surface area contributed by atoms with E-state index >= 15 is 0 Å². The molecule has 0 saturated carbocycles. The van der Waals surface area contributed by atoms with Crippen LogP contribution in [0.2, 0.25) is 5.15 Å². The van der Waals surface area contributed by atoms with Crippen LogP contribution in [0.1, 0.15) is 0 Å². The zero-order valence-electron chi connectivity index (χ0n) is 13.3. The van der Waals surface area contributed by atoms with Gasteiger partial charge in [-0.25, -0.2) is 9.97 Å². The monoisotopic (exact) mass is 341 g/mol. The first-order valence-electron chi connectivity index (χ1n) is 7.28. The lowest BCUT2D eigenvalue weighted by Gasteiger charge is -2.13. The van der Waals surface area contributed by atoms with E-state index in [0.29, 0.717) is 28.3 Å². The highest BCUT2D eigenvalue weighted by Crippen LogP contribution is 2.32. The average molecular weight is 342 g/mol. The van der Waals surface area contributed by atoms with Gasteiger partial charge in [0.1, 0.15) is 22.5 Å². The van der Waals surface area contributed by atoms with Gasteiger partial charge in [-0.05, 0) is 12.1 Å². The number of ether oxygens (including phenoxy) is 2. The maximum absolute atomic E-state index is 6.15. The molecule has 0 aliphatic heterocycles. The van der Waals surface area contributed by atoms with Gasteiger partial charge in [0, 0.05) is 17.7 Å². The maximum atomic E-state index is 6.15. The first kappa shape index (κ1) is 16.1. The lowest BCUT2D eigenvalue weighted by Crippen LogP contribution is -2.00. The molecule has 0 spiro atoms. The Morgan fingerprint density at radius 3 is 2.42 bits per heavy atom. The Morgan fingerprint density at radius 2 is 1.71 bits per heavy atom. The second kappa shape index (κ2) is 7.19. The van der Waals surface area contributed by atoms with E-state index in [-0.39, 0.29) is 0 Å². The Bertz CT molecular complexity index is 841. The van der Waals surface area contributed by atoms with Crippen molar-refractivity contribution in [3.63, 3.8) is 0 Å². The standard InChI is InChI=1S/C18H16ClN3O2/c1-23-13-8-9-15(24-2)14(10-13)20-17-11-16(19)21-18(22-17)12-6-4-3-5-7-12/h3-11H,1-2H3,(H,20,21,22). The number of halogens is 1. The summed E-state index contributed by atoms with van der Waals surface area (Å²) >= 11 is 6.15. The predicted molar refractivity (Wildman–Crippen MR) is 95.3 cm³/mol. The minimum absolute atomic E-state index is 0.355. The SMILES string of the molecule is COc1ccc(OC)c(Nc2cc(Cl)nc(-c3ccccc3)n2)c1. The molecular formula is C18H16ClN3O2. The molecule has 3 aromatic rings. The molecule has 0 amide bonds. The molecule has 0 atom stereocenters. The Hall–Kier alpha value is -2.79. The van der Waals surface area contributed by atoms with E-state index in [0.717, 1.165) is 11.3 Å². The fourth-order valence-corrected chi connectivity index (χ4v) is 2.43. The number of nitrogens with one attached hydrogen (secondary N) is 1. The highest BCUT2D eigenvalue weighted by Gasteiger charge is 2.09. The van der Waals surface area contributed by atoms with Gasteiger partial charge in [0.25, 0.3) is 0 Å². The van der Waals surface area contributed by atoms with E-state index in [4.69, 9.17) is 21.1 Å². The van der Waals surface area contributed by atoms with Crippen LogP contribution in [0.3, 0.4) is 0 Å². The van der Waals surface area contributed by atoms with Gasteiger partial charge in [0.2, 0.25) is 0 Å². The fourth-order valence-electron chi connectivity index (χ4n) is 2.25. The minimum Gasteiger partial charge on any atom is -0.497 e. The number of hydrogen-bond donors (Lipinski definition) is 1. The third kappa shape index (κ3) is 3.58. The molecule has 5 nitrogen and oxygen atoms in total. The number of rotatable bonds is 5. The lowest BCUT2D eigenvalue weighted by molar-refractivity contribution is 0.405. The average Bonchev–Trinajstić information content (AvgIpc) is 2.62. The third-order valence-corrected chi connectivity index (χ3v) is 3.59. The summed E-state index contributed by atoms with van der Waals surface area (Å²) in [5, 5.41) is 3.56. The molecule has 2 aromatic carbocycles. The molecule has 0 aliphatic rings. The van der Waals surface area contributed by atoms with Gasteiger partial charge in [0.05, 0.1) is 19.9 Å². The van der Waals surface area contributed by atoms with Crippen molar-refractivity contribution < 1.29 is 9.47 Å². The van der Waals surface area contributed by atoms with Crippen LogP contribution in [0.15, 0.2) is 54.6 Å². The second-order valence-corrected chi connectivity index (χ2v) is 5.34. The van der Waals surface area contributed by atoms with Gasteiger partial charge < -0.3 is 14.8 Å². The summed E-state index contributed by atoms with van der Waals surface area (Å²) in [6, 6.07) is 16.8. The molecule has 1 heterocycles. The second-order valence-electron chi connectivity index (χ2n) is 4.96. The quantitative estimate of drug-likeness (QED) is 0.689. The summed E-state index contributed by atoms with van der Waals surface area (Å²) in [7, 11) is 3.22. The zero-order chi connectivity index (χ0) is 16.9. The predicted octanol–water partition coefficient (Wildman–Crippen LogP) is 4.56. The number of nitrogens with zero attached hydrogens (tertiary/aromatic N) is 2. The van der Waals surface area contributed by atoms with E-state index in [2.05, 4.69) is 15.3 Å². The number of anilines is 2. The molecule has 1 N–H and O–H groups in total. The third-order valence-electron chi connectivity index (χ3n) is 3.40. The molecule has 3 rings (SSSR count). The van der Waals surface area contributed by atoms with E-state index in [1.807, 2.05) is 48.5 Å². The molecule has 1 aromatic heterocycles. The molecule has 0 radical (unpaired) electrons. The summed E-state index contributed by atoms with van der Waals surface area (Å²) in [4.78, 5) is 8.81. The van der Waals surface area contributed by atoms with Gasteiger partial charge >= 0.3 is 0 Å². The lowest BCUT2D eigenvalue weighted by atomic mass is 10.2. The van der Waals surface area contributed by atoms with Gasteiger partial charge in [-0.1, -0.05) is 41.9 Å². The summed E-state index contributed by atoms with van der Waals surface area (Å²) in [5.41, 5.74) is 1.62.